The summed E-state index contributed by atoms with van der Waals surface area (Å²) < 4.78 is 1.56. The van der Waals surface area contributed by atoms with Gasteiger partial charge in [0.15, 0.2) is 0 Å². The van der Waals surface area contributed by atoms with E-state index in [0.717, 1.165) is 23.4 Å². The van der Waals surface area contributed by atoms with Crippen LogP contribution in [0.3, 0.4) is 0 Å². The number of benzene rings is 1. The second kappa shape index (κ2) is 7.67. The molecule has 1 aromatic carbocycles. The van der Waals surface area contributed by atoms with Gasteiger partial charge in [-0.2, -0.15) is 5.10 Å². The average molecular weight is 357 g/mol. The molecule has 138 valence electrons. The fourth-order valence-electron chi connectivity index (χ4n) is 3.05. The molecule has 3 rings (SSSR count). The largest absolute Gasteiger partial charge is 0.395 e. The summed E-state index contributed by atoms with van der Waals surface area (Å²) in [6, 6.07) is 7.43. The Hall–Kier alpha value is -2.71. The summed E-state index contributed by atoms with van der Waals surface area (Å²) in [6.07, 6.45) is 2.39. The molecule has 0 radical (unpaired) electrons. The van der Waals surface area contributed by atoms with Crippen LogP contribution in [0.4, 0.5) is 11.4 Å². The fraction of sp³-hybridized carbons (Fsp3) is 0.389. The molecule has 2 N–H and O–H groups in total. The number of nitrogens with zero attached hydrogens (tertiary/aromatic N) is 4. The van der Waals surface area contributed by atoms with Crippen molar-refractivity contribution < 1.29 is 14.7 Å². The third kappa shape index (κ3) is 3.47. The molecule has 0 atom stereocenters. The molecule has 2 amide bonds. The van der Waals surface area contributed by atoms with Crippen LogP contribution in [0.1, 0.15) is 16.1 Å². The predicted molar refractivity (Wildman–Crippen MR) is 98.4 cm³/mol. The van der Waals surface area contributed by atoms with Crippen LogP contribution >= 0.6 is 0 Å². The molecule has 2 aromatic rings. The predicted octanol–water partition coefficient (Wildman–Crippen LogP) is 0.168. The van der Waals surface area contributed by atoms with Gasteiger partial charge in [-0.25, -0.2) is 0 Å². The molecule has 26 heavy (non-hydrogen) atoms. The Morgan fingerprint density at radius 2 is 2.15 bits per heavy atom. The van der Waals surface area contributed by atoms with E-state index in [9.17, 15) is 9.59 Å². The molecule has 0 saturated heterocycles. The number of aliphatic hydroxyl groups excluding tert-OH is 1. The molecule has 0 saturated carbocycles. The lowest BCUT2D eigenvalue weighted by molar-refractivity contribution is -0.117. The second-order valence-corrected chi connectivity index (χ2v) is 6.21. The Labute approximate surface area is 152 Å². The summed E-state index contributed by atoms with van der Waals surface area (Å²) in [6.45, 7) is 1.11. The summed E-state index contributed by atoms with van der Waals surface area (Å²) in [4.78, 5) is 28.4. The minimum absolute atomic E-state index is 0.0130. The first-order valence-corrected chi connectivity index (χ1v) is 8.54. The van der Waals surface area contributed by atoms with Gasteiger partial charge >= 0.3 is 0 Å². The maximum atomic E-state index is 12.8. The van der Waals surface area contributed by atoms with Crippen LogP contribution in [-0.4, -0.2) is 60.0 Å². The van der Waals surface area contributed by atoms with E-state index in [0.29, 0.717) is 18.8 Å². The smallest absolute Gasteiger partial charge is 0.276 e. The second-order valence-electron chi connectivity index (χ2n) is 6.21. The highest BCUT2D eigenvalue weighted by Crippen LogP contribution is 2.33. The number of carbonyl (C=O) groups is 2. The number of aliphatic hydroxyl groups is 1. The number of hydrogen-bond acceptors (Lipinski definition) is 5. The first-order chi connectivity index (χ1) is 12.5. The number of likely N-dealkylation sites (N-methyl/N-ethyl adjacent to an activating group) is 1. The first-order valence-electron chi connectivity index (χ1n) is 8.54. The minimum atomic E-state index is -0.110. The van der Waals surface area contributed by atoms with Crippen LogP contribution in [0.15, 0.2) is 30.5 Å². The highest BCUT2D eigenvalue weighted by Gasteiger charge is 2.28. The van der Waals surface area contributed by atoms with Crippen molar-refractivity contribution in [2.75, 3.05) is 43.1 Å². The van der Waals surface area contributed by atoms with E-state index < -0.39 is 0 Å². The van der Waals surface area contributed by atoms with Crippen molar-refractivity contribution in [1.82, 2.24) is 15.1 Å². The highest BCUT2D eigenvalue weighted by molar-refractivity contribution is 6.06. The number of nitrogens with one attached hydrogen (secondary N) is 1. The topological polar surface area (TPSA) is 90.7 Å². The number of rotatable bonds is 6. The maximum Gasteiger partial charge on any atom is 0.276 e. The van der Waals surface area contributed by atoms with Crippen LogP contribution in [0, 0.1) is 0 Å². The van der Waals surface area contributed by atoms with Crippen molar-refractivity contribution in [2.45, 2.75) is 6.42 Å². The molecule has 2 heterocycles. The Bertz CT molecular complexity index is 817. The number of hydrogen-bond donors (Lipinski definition) is 2. The highest BCUT2D eigenvalue weighted by atomic mass is 16.3. The first kappa shape index (κ1) is 18.1. The molecule has 8 heteroatoms. The van der Waals surface area contributed by atoms with Gasteiger partial charge in [0.2, 0.25) is 5.91 Å². The normalized spacial score (nSPS) is 13.0. The number of anilines is 2. The van der Waals surface area contributed by atoms with E-state index >= 15 is 0 Å². The third-order valence-corrected chi connectivity index (χ3v) is 4.58. The van der Waals surface area contributed by atoms with Gasteiger partial charge in [-0.05, 0) is 30.2 Å². The molecule has 8 nitrogen and oxygen atoms in total. The van der Waals surface area contributed by atoms with Crippen LogP contribution in [0.25, 0.3) is 0 Å². The monoisotopic (exact) mass is 357 g/mol. The lowest BCUT2D eigenvalue weighted by Crippen LogP contribution is -2.36. The van der Waals surface area contributed by atoms with E-state index in [1.165, 1.54) is 0 Å². The van der Waals surface area contributed by atoms with Crippen molar-refractivity contribution in [3.8, 4) is 0 Å². The average Bonchev–Trinajstić information content (AvgIpc) is 3.26. The quantitative estimate of drug-likeness (QED) is 0.719. The minimum Gasteiger partial charge on any atom is -0.395 e. The van der Waals surface area contributed by atoms with Gasteiger partial charge < -0.3 is 20.2 Å². The zero-order chi connectivity index (χ0) is 18.7. The van der Waals surface area contributed by atoms with Gasteiger partial charge in [-0.1, -0.05) is 6.07 Å². The maximum absolute atomic E-state index is 12.8. The van der Waals surface area contributed by atoms with Gasteiger partial charge in [0.25, 0.3) is 5.91 Å². The summed E-state index contributed by atoms with van der Waals surface area (Å²) in [7, 11) is 3.44. The zero-order valence-electron chi connectivity index (χ0n) is 15.0. The van der Waals surface area contributed by atoms with Crippen molar-refractivity contribution in [1.29, 1.82) is 0 Å². The molecule has 0 bridgehead atoms. The number of fused-ring (bicyclic) bond motifs is 1. The van der Waals surface area contributed by atoms with E-state index in [-0.39, 0.29) is 25.0 Å². The zero-order valence-corrected chi connectivity index (χ0v) is 15.0. The van der Waals surface area contributed by atoms with E-state index in [2.05, 4.69) is 10.4 Å². The van der Waals surface area contributed by atoms with Gasteiger partial charge in [0.05, 0.1) is 13.2 Å². The number of carbonyl (C=O) groups excluding carboxylic acids is 2. The molecule has 1 aliphatic rings. The molecule has 0 unspecified atom stereocenters. The van der Waals surface area contributed by atoms with Gasteiger partial charge in [0.1, 0.15) is 5.69 Å². The molecule has 0 aliphatic carbocycles. The van der Waals surface area contributed by atoms with E-state index in [4.69, 9.17) is 5.11 Å². The molecular formula is C18H23N5O3. The number of amides is 2. The Morgan fingerprint density at radius 3 is 2.85 bits per heavy atom. The molecule has 0 fully saturated rings. The summed E-state index contributed by atoms with van der Waals surface area (Å²) in [5, 5.41) is 15.7. The molecule has 1 aromatic heterocycles. The SMILES string of the molecule is CN(C(=O)CNCCO)c1ccc2c(c1)N(C(=O)c1ccnn1C)CC2. The van der Waals surface area contributed by atoms with Crippen LogP contribution in [0.5, 0.6) is 0 Å². The van der Waals surface area contributed by atoms with Crippen LogP contribution < -0.4 is 15.1 Å². The van der Waals surface area contributed by atoms with E-state index in [1.807, 2.05) is 18.2 Å². The van der Waals surface area contributed by atoms with Crippen molar-refractivity contribution in [3.05, 3.63) is 41.7 Å². The Morgan fingerprint density at radius 1 is 1.35 bits per heavy atom. The van der Waals surface area contributed by atoms with Crippen LogP contribution in [0.2, 0.25) is 0 Å². The Balaban J connectivity index is 1.80. The lowest BCUT2D eigenvalue weighted by atomic mass is 10.1. The van der Waals surface area contributed by atoms with E-state index in [1.54, 1.807) is 40.8 Å². The van der Waals surface area contributed by atoms with Crippen molar-refractivity contribution in [3.63, 3.8) is 0 Å². The molecule has 0 spiro atoms. The summed E-state index contributed by atoms with van der Waals surface area (Å²) >= 11 is 0. The Kier molecular flexibility index (Phi) is 5.34. The third-order valence-electron chi connectivity index (χ3n) is 4.58. The molecular weight excluding hydrogens is 334 g/mol. The van der Waals surface area contributed by atoms with Crippen molar-refractivity contribution >= 4 is 23.2 Å². The molecule has 1 aliphatic heterocycles. The summed E-state index contributed by atoms with van der Waals surface area (Å²) in [5.74, 6) is -0.208. The van der Waals surface area contributed by atoms with Gasteiger partial charge in [-0.3, -0.25) is 14.3 Å². The van der Waals surface area contributed by atoms with Gasteiger partial charge in [0, 0.05) is 44.8 Å². The standard InChI is InChI=1S/C18H23N5O3/c1-21(17(25)12-19-8-10-24)14-4-3-13-6-9-23(16(13)11-14)18(26)15-5-7-20-22(15)2/h3-5,7,11,19,24H,6,8-10,12H2,1-2H3. The summed E-state index contributed by atoms with van der Waals surface area (Å²) in [5.41, 5.74) is 3.17. The fourth-order valence-corrected chi connectivity index (χ4v) is 3.05. The number of aryl methyl sites for hydroxylation is 1. The lowest BCUT2D eigenvalue weighted by Gasteiger charge is -2.21. The van der Waals surface area contributed by atoms with Crippen LogP contribution in [-0.2, 0) is 18.3 Å². The number of aromatic nitrogens is 2. The van der Waals surface area contributed by atoms with Crippen molar-refractivity contribution in [2.24, 2.45) is 7.05 Å². The van der Waals surface area contributed by atoms with Gasteiger partial charge in [-0.15, -0.1) is 0 Å².